The summed E-state index contributed by atoms with van der Waals surface area (Å²) in [6, 6.07) is 17.3. The van der Waals surface area contributed by atoms with Crippen LogP contribution in [-0.4, -0.2) is 49.6 Å². The summed E-state index contributed by atoms with van der Waals surface area (Å²) >= 11 is 0.746. The van der Waals surface area contributed by atoms with Crippen LogP contribution >= 0.6 is 11.8 Å². The van der Waals surface area contributed by atoms with E-state index in [1.165, 1.54) is 43.5 Å². The molecule has 1 heterocycles. The van der Waals surface area contributed by atoms with Gasteiger partial charge in [0.15, 0.2) is 11.5 Å². The average Bonchev–Trinajstić information content (AvgIpc) is 3.16. The van der Waals surface area contributed by atoms with Gasteiger partial charge in [-0.15, -0.1) is 0 Å². The summed E-state index contributed by atoms with van der Waals surface area (Å²) < 4.78 is 41.2. The maximum Gasteiger partial charge on any atom is 0.339 e. The summed E-state index contributed by atoms with van der Waals surface area (Å²) in [5, 5.41) is 10.5. The van der Waals surface area contributed by atoms with Crippen molar-refractivity contribution in [2.24, 2.45) is 0 Å². The Morgan fingerprint density at radius 3 is 2.47 bits per heavy atom. The van der Waals surface area contributed by atoms with Gasteiger partial charge in [-0.2, -0.15) is 8.42 Å². The van der Waals surface area contributed by atoms with Crippen LogP contribution in [0.1, 0.15) is 5.56 Å². The van der Waals surface area contributed by atoms with Crippen molar-refractivity contribution in [3.05, 3.63) is 93.4 Å². The number of hydrogen-bond donors (Lipinski definition) is 0. The third kappa shape index (κ3) is 6.12. The molecule has 0 atom stereocenters. The van der Waals surface area contributed by atoms with Crippen LogP contribution in [0.5, 0.6) is 17.2 Å². The summed E-state index contributed by atoms with van der Waals surface area (Å²) in [4.78, 5) is 36.3. The van der Waals surface area contributed by atoms with E-state index in [2.05, 4.69) is 0 Å². The number of imide groups is 1. The van der Waals surface area contributed by atoms with Gasteiger partial charge >= 0.3 is 10.1 Å². The quantitative estimate of drug-likeness (QED) is 0.152. The Hall–Kier alpha value is -4.36. The van der Waals surface area contributed by atoms with Crippen LogP contribution in [0.3, 0.4) is 0 Å². The predicted octanol–water partition coefficient (Wildman–Crippen LogP) is 4.49. The molecule has 1 aliphatic heterocycles. The highest BCUT2D eigenvalue weighted by atomic mass is 32.2. The molecule has 13 heteroatoms. The zero-order valence-electron chi connectivity index (χ0n) is 19.8. The van der Waals surface area contributed by atoms with Crippen LogP contribution in [0.4, 0.5) is 10.5 Å². The first-order valence-corrected chi connectivity index (χ1v) is 13.2. The number of nitrogens with zero attached hydrogens (tertiary/aromatic N) is 2. The van der Waals surface area contributed by atoms with E-state index in [1.54, 1.807) is 30.3 Å². The number of non-ortho nitro benzene ring substituents is 1. The van der Waals surface area contributed by atoms with E-state index < -0.39 is 31.9 Å². The number of benzene rings is 3. The number of carbonyl (C=O) groups excluding carboxylic acids is 2. The Bertz CT molecular complexity index is 1540. The zero-order valence-corrected chi connectivity index (χ0v) is 21.4. The Labute approximate surface area is 221 Å². The van der Waals surface area contributed by atoms with Gasteiger partial charge in [0.05, 0.1) is 23.5 Å². The largest absolute Gasteiger partial charge is 0.493 e. The highest BCUT2D eigenvalue weighted by Gasteiger charge is 2.35. The fraction of sp³-hybridized carbons (Fsp3) is 0.120. The number of thioether (sulfide) groups is 1. The van der Waals surface area contributed by atoms with Gasteiger partial charge in [-0.25, -0.2) is 0 Å². The zero-order chi connectivity index (χ0) is 27.3. The van der Waals surface area contributed by atoms with Crippen molar-refractivity contribution in [2.45, 2.75) is 4.90 Å². The standard InChI is InChI=1S/C25H20N2O9S2/c1-34-21-10-2-3-11-22(21)35-13-12-26-24(28)23(37-25(26)29)15-17-6-4-8-19(14-17)36-38(32,33)20-9-5-7-18(16-20)27(30)31/h2-11,14-16H,12-13H2,1H3/b23-15-. The molecular formula is C25H20N2O9S2. The first-order valence-electron chi connectivity index (χ1n) is 11.0. The third-order valence-electron chi connectivity index (χ3n) is 5.19. The van der Waals surface area contributed by atoms with Crippen LogP contribution in [0.15, 0.2) is 82.6 Å². The van der Waals surface area contributed by atoms with Gasteiger partial charge in [0.2, 0.25) is 0 Å². The lowest BCUT2D eigenvalue weighted by Gasteiger charge is -2.14. The lowest BCUT2D eigenvalue weighted by Crippen LogP contribution is -2.32. The van der Waals surface area contributed by atoms with Crippen molar-refractivity contribution in [1.82, 2.24) is 4.90 Å². The number of rotatable bonds is 10. The normalized spacial score (nSPS) is 14.6. The van der Waals surface area contributed by atoms with Crippen LogP contribution in [-0.2, 0) is 14.9 Å². The Kier molecular flexibility index (Phi) is 7.98. The van der Waals surface area contributed by atoms with Crippen molar-refractivity contribution in [3.63, 3.8) is 0 Å². The lowest BCUT2D eigenvalue weighted by atomic mass is 10.2. The predicted molar refractivity (Wildman–Crippen MR) is 139 cm³/mol. The Morgan fingerprint density at radius 1 is 1.00 bits per heavy atom. The number of carbonyl (C=O) groups is 2. The number of nitro benzene ring substituents is 1. The molecule has 3 aromatic carbocycles. The number of ether oxygens (including phenoxy) is 2. The monoisotopic (exact) mass is 556 g/mol. The van der Waals surface area contributed by atoms with E-state index >= 15 is 0 Å². The van der Waals surface area contributed by atoms with Gasteiger partial charge in [0.25, 0.3) is 16.8 Å². The van der Waals surface area contributed by atoms with E-state index in [0.29, 0.717) is 17.1 Å². The number of para-hydroxylation sites is 2. The molecule has 4 rings (SSSR count). The first kappa shape index (κ1) is 26.7. The molecule has 0 spiro atoms. The maximum absolute atomic E-state index is 12.8. The van der Waals surface area contributed by atoms with Gasteiger partial charge in [-0.3, -0.25) is 24.6 Å². The van der Waals surface area contributed by atoms with Gasteiger partial charge in [0, 0.05) is 12.1 Å². The highest BCUT2D eigenvalue weighted by Crippen LogP contribution is 2.33. The summed E-state index contributed by atoms with van der Waals surface area (Å²) in [5.41, 5.74) is 0.0139. The Balaban J connectivity index is 1.44. The molecule has 1 fully saturated rings. The summed E-state index contributed by atoms with van der Waals surface area (Å²) in [5.74, 6) is 0.416. The van der Waals surface area contributed by atoms with Crippen LogP contribution < -0.4 is 13.7 Å². The molecule has 0 unspecified atom stereocenters. The minimum Gasteiger partial charge on any atom is -0.493 e. The van der Waals surface area contributed by atoms with E-state index in [-0.39, 0.29) is 28.7 Å². The van der Waals surface area contributed by atoms with E-state index in [9.17, 15) is 28.1 Å². The van der Waals surface area contributed by atoms with Crippen LogP contribution in [0.25, 0.3) is 6.08 Å². The molecule has 0 N–H and O–H groups in total. The number of hydrogen-bond acceptors (Lipinski definition) is 10. The molecule has 0 radical (unpaired) electrons. The number of nitro groups is 1. The Morgan fingerprint density at radius 2 is 1.74 bits per heavy atom. The molecule has 2 amide bonds. The number of methoxy groups -OCH3 is 1. The van der Waals surface area contributed by atoms with Gasteiger partial charge in [0.1, 0.15) is 17.3 Å². The number of amides is 2. The van der Waals surface area contributed by atoms with Crippen LogP contribution in [0.2, 0.25) is 0 Å². The smallest absolute Gasteiger partial charge is 0.339 e. The minimum atomic E-state index is -4.36. The average molecular weight is 557 g/mol. The molecular weight excluding hydrogens is 536 g/mol. The molecule has 11 nitrogen and oxygen atoms in total. The van der Waals surface area contributed by atoms with E-state index in [0.717, 1.165) is 28.8 Å². The van der Waals surface area contributed by atoms with Gasteiger partial charge in [-0.1, -0.05) is 30.3 Å². The molecule has 38 heavy (non-hydrogen) atoms. The molecule has 0 saturated carbocycles. The van der Waals surface area contributed by atoms with E-state index in [4.69, 9.17) is 13.7 Å². The first-order chi connectivity index (χ1) is 18.2. The van der Waals surface area contributed by atoms with Gasteiger partial charge < -0.3 is 13.7 Å². The summed E-state index contributed by atoms with van der Waals surface area (Å²) in [6.45, 7) is 0.0786. The third-order valence-corrected chi connectivity index (χ3v) is 7.34. The molecule has 196 valence electrons. The molecule has 3 aromatic rings. The van der Waals surface area contributed by atoms with Crippen molar-refractivity contribution >= 4 is 44.8 Å². The topological polar surface area (TPSA) is 142 Å². The van der Waals surface area contributed by atoms with Gasteiger partial charge in [-0.05, 0) is 53.7 Å². The molecule has 0 bridgehead atoms. The second-order valence-electron chi connectivity index (χ2n) is 7.70. The second-order valence-corrected chi connectivity index (χ2v) is 10.2. The summed E-state index contributed by atoms with van der Waals surface area (Å²) in [6.07, 6.45) is 1.44. The van der Waals surface area contributed by atoms with E-state index in [1.807, 2.05) is 0 Å². The SMILES string of the molecule is COc1ccccc1OCCN1C(=O)S/C(=C\c2cccc(OS(=O)(=O)c3cccc([N+](=O)[O-])c3)c2)C1=O. The minimum absolute atomic E-state index is 0.0185. The highest BCUT2D eigenvalue weighted by molar-refractivity contribution is 8.18. The molecule has 1 saturated heterocycles. The van der Waals surface area contributed by atoms with Crippen molar-refractivity contribution in [3.8, 4) is 17.2 Å². The lowest BCUT2D eigenvalue weighted by molar-refractivity contribution is -0.385. The maximum atomic E-state index is 12.8. The second kappa shape index (κ2) is 11.4. The van der Waals surface area contributed by atoms with Crippen molar-refractivity contribution < 1.29 is 36.6 Å². The van der Waals surface area contributed by atoms with Crippen molar-refractivity contribution in [2.75, 3.05) is 20.3 Å². The van der Waals surface area contributed by atoms with Crippen molar-refractivity contribution in [1.29, 1.82) is 0 Å². The summed E-state index contributed by atoms with van der Waals surface area (Å²) in [7, 11) is -2.86. The molecule has 0 aliphatic carbocycles. The fourth-order valence-corrected chi connectivity index (χ4v) is 5.24. The molecule has 1 aliphatic rings. The molecule has 0 aromatic heterocycles. The fourth-order valence-electron chi connectivity index (χ4n) is 3.41. The van der Waals surface area contributed by atoms with Crippen LogP contribution in [0, 0.1) is 10.1 Å².